The summed E-state index contributed by atoms with van der Waals surface area (Å²) in [5, 5.41) is 7.74. The van der Waals surface area contributed by atoms with Crippen molar-refractivity contribution in [3.05, 3.63) is 29.6 Å². The summed E-state index contributed by atoms with van der Waals surface area (Å²) in [7, 11) is 3.79. The summed E-state index contributed by atoms with van der Waals surface area (Å²) in [6.45, 7) is 3.35. The van der Waals surface area contributed by atoms with Crippen LogP contribution in [-0.2, 0) is 11.8 Å². The van der Waals surface area contributed by atoms with Gasteiger partial charge in [-0.1, -0.05) is 11.6 Å². The lowest BCUT2D eigenvalue weighted by molar-refractivity contribution is -0.00800. The highest BCUT2D eigenvalue weighted by atomic mass is 127. The van der Waals surface area contributed by atoms with E-state index in [0.29, 0.717) is 6.61 Å². The van der Waals surface area contributed by atoms with E-state index in [1.54, 1.807) is 5.57 Å². The second kappa shape index (κ2) is 9.41. The van der Waals surface area contributed by atoms with Gasteiger partial charge >= 0.3 is 0 Å². The molecular formula is C17H28IN5O. The fourth-order valence-electron chi connectivity index (χ4n) is 3.28. The van der Waals surface area contributed by atoms with Crippen LogP contribution in [0.15, 0.2) is 29.0 Å². The fraction of sp³-hybridized carbons (Fsp3) is 0.647. The molecule has 3 rings (SSSR count). The number of guanidine groups is 1. The van der Waals surface area contributed by atoms with Gasteiger partial charge in [-0.15, -0.1) is 24.0 Å². The van der Waals surface area contributed by atoms with E-state index >= 15 is 0 Å². The molecule has 134 valence electrons. The van der Waals surface area contributed by atoms with Gasteiger partial charge in [0.2, 0.25) is 0 Å². The van der Waals surface area contributed by atoms with E-state index < -0.39 is 0 Å². The third kappa shape index (κ3) is 4.95. The Kier molecular flexibility index (Phi) is 7.54. The van der Waals surface area contributed by atoms with Crippen LogP contribution in [0, 0.1) is 0 Å². The number of aryl methyl sites for hydroxylation is 1. The van der Waals surface area contributed by atoms with Gasteiger partial charge in [-0.25, -0.2) is 0 Å². The van der Waals surface area contributed by atoms with Crippen molar-refractivity contribution in [1.29, 1.82) is 0 Å². The second-order valence-corrected chi connectivity index (χ2v) is 6.23. The van der Waals surface area contributed by atoms with Gasteiger partial charge < -0.3 is 15.0 Å². The van der Waals surface area contributed by atoms with Crippen LogP contribution in [-0.4, -0.2) is 53.9 Å². The molecule has 0 amide bonds. The van der Waals surface area contributed by atoms with Gasteiger partial charge in [0.15, 0.2) is 5.96 Å². The van der Waals surface area contributed by atoms with Gasteiger partial charge in [-0.05, 0) is 25.7 Å². The van der Waals surface area contributed by atoms with E-state index in [2.05, 4.69) is 26.4 Å². The Labute approximate surface area is 161 Å². The predicted octanol–water partition coefficient (Wildman–Crippen LogP) is 2.49. The van der Waals surface area contributed by atoms with Crippen LogP contribution >= 0.6 is 24.0 Å². The summed E-state index contributed by atoms with van der Waals surface area (Å²) in [5.41, 5.74) is 2.71. The van der Waals surface area contributed by atoms with Crippen molar-refractivity contribution < 1.29 is 4.74 Å². The Morgan fingerprint density at radius 1 is 1.50 bits per heavy atom. The first-order valence-corrected chi connectivity index (χ1v) is 8.50. The summed E-state index contributed by atoms with van der Waals surface area (Å²) in [6, 6.07) is 0. The quantitative estimate of drug-likeness (QED) is 0.335. The molecule has 0 aromatic carbocycles. The SMILES string of the molecule is CN=C(NCCC1=CCCC1)N1CCOC(c2cnn(C)c2)C1.I. The molecule has 0 bridgehead atoms. The number of allylic oxidation sites excluding steroid dienone is 1. The van der Waals surface area contributed by atoms with Crippen LogP contribution in [0.4, 0.5) is 0 Å². The molecule has 1 aromatic heterocycles. The van der Waals surface area contributed by atoms with E-state index in [-0.39, 0.29) is 30.1 Å². The molecule has 2 heterocycles. The minimum Gasteiger partial charge on any atom is -0.370 e. The van der Waals surface area contributed by atoms with Crippen molar-refractivity contribution >= 4 is 29.9 Å². The van der Waals surface area contributed by atoms with Crippen molar-refractivity contribution in [3.63, 3.8) is 0 Å². The Morgan fingerprint density at radius 2 is 2.38 bits per heavy atom. The van der Waals surface area contributed by atoms with Crippen LogP contribution in [0.2, 0.25) is 0 Å². The number of hydrogen-bond donors (Lipinski definition) is 1. The molecule has 0 saturated carbocycles. The number of nitrogens with zero attached hydrogens (tertiary/aromatic N) is 4. The Bertz CT molecular complexity index is 583. The van der Waals surface area contributed by atoms with Crippen LogP contribution in [0.25, 0.3) is 0 Å². The number of morpholine rings is 1. The average molecular weight is 445 g/mol. The molecule has 1 atom stereocenters. The lowest BCUT2D eigenvalue weighted by Gasteiger charge is -2.34. The molecule has 2 aliphatic rings. The molecular weight excluding hydrogens is 417 g/mol. The largest absolute Gasteiger partial charge is 0.370 e. The third-order valence-corrected chi connectivity index (χ3v) is 4.54. The van der Waals surface area contributed by atoms with Crippen molar-refractivity contribution in [2.24, 2.45) is 12.0 Å². The molecule has 0 spiro atoms. The molecule has 1 saturated heterocycles. The zero-order valence-electron chi connectivity index (χ0n) is 14.6. The summed E-state index contributed by atoms with van der Waals surface area (Å²) in [4.78, 5) is 6.73. The van der Waals surface area contributed by atoms with Gasteiger partial charge in [0.25, 0.3) is 0 Å². The van der Waals surface area contributed by atoms with E-state index in [9.17, 15) is 0 Å². The topological polar surface area (TPSA) is 54.7 Å². The summed E-state index contributed by atoms with van der Waals surface area (Å²) in [5.74, 6) is 0.973. The van der Waals surface area contributed by atoms with Crippen molar-refractivity contribution in [1.82, 2.24) is 20.0 Å². The fourth-order valence-corrected chi connectivity index (χ4v) is 3.28. The van der Waals surface area contributed by atoms with Crippen molar-refractivity contribution in [2.75, 3.05) is 33.3 Å². The standard InChI is InChI=1S/C17H27N5O.HI/c1-18-17(19-8-7-14-5-3-4-6-14)22-9-10-23-16(13-22)15-11-20-21(2)12-15;/h5,11-12,16H,3-4,6-10,13H2,1-2H3,(H,18,19);1H. The van der Waals surface area contributed by atoms with Crippen LogP contribution in [0.3, 0.4) is 0 Å². The van der Waals surface area contributed by atoms with Gasteiger partial charge in [0, 0.05) is 38.9 Å². The number of aliphatic imine (C=N–C) groups is 1. The normalized spacial score (nSPS) is 21.4. The maximum atomic E-state index is 5.90. The van der Waals surface area contributed by atoms with Gasteiger partial charge in [-0.3, -0.25) is 9.67 Å². The first kappa shape index (κ1) is 19.2. The van der Waals surface area contributed by atoms with Gasteiger partial charge in [0.1, 0.15) is 6.10 Å². The first-order chi connectivity index (χ1) is 11.3. The molecule has 24 heavy (non-hydrogen) atoms. The number of ether oxygens (including phenoxy) is 1. The van der Waals surface area contributed by atoms with E-state index in [1.807, 2.05) is 31.2 Å². The minimum absolute atomic E-state index is 0. The Balaban J connectivity index is 0.00000208. The summed E-state index contributed by atoms with van der Waals surface area (Å²) in [6.07, 6.45) is 11.3. The van der Waals surface area contributed by atoms with E-state index in [4.69, 9.17) is 4.74 Å². The average Bonchev–Trinajstić information content (AvgIpc) is 3.23. The zero-order chi connectivity index (χ0) is 16.1. The number of halogens is 1. The van der Waals surface area contributed by atoms with E-state index in [0.717, 1.165) is 37.6 Å². The van der Waals surface area contributed by atoms with E-state index in [1.165, 1.54) is 19.3 Å². The van der Waals surface area contributed by atoms with Crippen LogP contribution in [0.5, 0.6) is 0 Å². The van der Waals surface area contributed by atoms with Crippen molar-refractivity contribution in [2.45, 2.75) is 31.8 Å². The zero-order valence-corrected chi connectivity index (χ0v) is 16.9. The van der Waals surface area contributed by atoms with Gasteiger partial charge in [0.05, 0.1) is 19.3 Å². The molecule has 1 aliphatic heterocycles. The van der Waals surface area contributed by atoms with Crippen LogP contribution in [0.1, 0.15) is 37.4 Å². The number of hydrogen-bond acceptors (Lipinski definition) is 3. The molecule has 1 fully saturated rings. The minimum atomic E-state index is 0. The molecule has 1 N–H and O–H groups in total. The molecule has 6 nitrogen and oxygen atoms in total. The number of rotatable bonds is 4. The summed E-state index contributed by atoms with van der Waals surface area (Å²) < 4.78 is 7.72. The first-order valence-electron chi connectivity index (χ1n) is 8.50. The maximum absolute atomic E-state index is 5.90. The monoisotopic (exact) mass is 445 g/mol. The lowest BCUT2D eigenvalue weighted by Crippen LogP contribution is -2.48. The smallest absolute Gasteiger partial charge is 0.193 e. The Hall–Kier alpha value is -1.09. The maximum Gasteiger partial charge on any atom is 0.193 e. The van der Waals surface area contributed by atoms with Gasteiger partial charge in [-0.2, -0.15) is 5.10 Å². The lowest BCUT2D eigenvalue weighted by atomic mass is 10.1. The predicted molar refractivity (Wildman–Crippen MR) is 107 cm³/mol. The number of aromatic nitrogens is 2. The molecule has 1 unspecified atom stereocenters. The molecule has 0 radical (unpaired) electrons. The highest BCUT2D eigenvalue weighted by molar-refractivity contribution is 14.0. The highest BCUT2D eigenvalue weighted by Crippen LogP contribution is 2.22. The second-order valence-electron chi connectivity index (χ2n) is 6.23. The third-order valence-electron chi connectivity index (χ3n) is 4.54. The highest BCUT2D eigenvalue weighted by Gasteiger charge is 2.25. The Morgan fingerprint density at radius 3 is 3.04 bits per heavy atom. The van der Waals surface area contributed by atoms with Crippen LogP contribution < -0.4 is 5.32 Å². The molecule has 1 aliphatic carbocycles. The number of nitrogens with one attached hydrogen (secondary N) is 1. The van der Waals surface area contributed by atoms with Crippen molar-refractivity contribution in [3.8, 4) is 0 Å². The molecule has 7 heteroatoms. The molecule has 1 aromatic rings. The summed E-state index contributed by atoms with van der Waals surface area (Å²) >= 11 is 0.